The highest BCUT2D eigenvalue weighted by Gasteiger charge is 2.21. The van der Waals surface area contributed by atoms with Gasteiger partial charge < -0.3 is 20.6 Å². The van der Waals surface area contributed by atoms with Gasteiger partial charge in [0.05, 0.1) is 5.60 Å². The summed E-state index contributed by atoms with van der Waals surface area (Å²) in [7, 11) is 3.96. The van der Waals surface area contributed by atoms with Crippen LogP contribution in [0.15, 0.2) is 18.2 Å². The number of aryl methyl sites for hydroxylation is 1. The van der Waals surface area contributed by atoms with Gasteiger partial charge >= 0.3 is 0 Å². The normalized spacial score (nSPS) is 17.4. The van der Waals surface area contributed by atoms with Gasteiger partial charge in [-0.3, -0.25) is 0 Å². The molecule has 0 amide bonds. The Balaban J connectivity index is 1.91. The van der Waals surface area contributed by atoms with Gasteiger partial charge in [-0.15, -0.1) is 0 Å². The molecule has 0 aliphatic carbocycles. The fourth-order valence-corrected chi connectivity index (χ4v) is 2.93. The lowest BCUT2D eigenvalue weighted by Gasteiger charge is -2.28. The molecule has 0 saturated carbocycles. The first-order valence-corrected chi connectivity index (χ1v) is 7.40. The number of likely N-dealkylation sites (N-methyl/N-ethyl adjacent to an activating group) is 1. The molecule has 1 aromatic rings. The van der Waals surface area contributed by atoms with Crippen molar-refractivity contribution < 1.29 is 5.11 Å². The Hall–Kier alpha value is -1.10. The number of aliphatic hydroxyl groups is 1. The number of hydrogen-bond acceptors (Lipinski definition) is 4. The van der Waals surface area contributed by atoms with E-state index in [-0.39, 0.29) is 0 Å². The molecule has 0 aromatic heterocycles. The highest BCUT2D eigenvalue weighted by atomic mass is 16.3. The zero-order chi connectivity index (χ0) is 14.6. The van der Waals surface area contributed by atoms with Crippen LogP contribution in [-0.2, 0) is 13.0 Å². The maximum Gasteiger partial charge on any atom is 0.0869 e. The van der Waals surface area contributed by atoms with Crippen molar-refractivity contribution >= 4 is 5.69 Å². The summed E-state index contributed by atoms with van der Waals surface area (Å²) >= 11 is 0. The predicted octanol–water partition coefficient (Wildman–Crippen LogP) is 1.45. The van der Waals surface area contributed by atoms with E-state index in [9.17, 15) is 5.11 Å². The number of para-hydroxylation sites is 1. The Kier molecular flexibility index (Phi) is 5.02. The largest absolute Gasteiger partial charge is 0.388 e. The zero-order valence-electron chi connectivity index (χ0n) is 12.9. The average Bonchev–Trinajstić information content (AvgIpc) is 2.37. The number of nitrogens with one attached hydrogen (secondary N) is 2. The Morgan fingerprint density at radius 2 is 2.20 bits per heavy atom. The number of nitrogens with zero attached hydrogens (tertiary/aromatic N) is 1. The van der Waals surface area contributed by atoms with Crippen molar-refractivity contribution in [2.75, 3.05) is 39.0 Å². The number of fused-ring (bicyclic) bond motifs is 1. The molecule has 4 nitrogen and oxygen atoms in total. The van der Waals surface area contributed by atoms with Crippen molar-refractivity contribution in [2.45, 2.75) is 31.9 Å². The maximum atomic E-state index is 10.3. The Morgan fingerprint density at radius 1 is 1.40 bits per heavy atom. The monoisotopic (exact) mass is 277 g/mol. The van der Waals surface area contributed by atoms with Crippen LogP contribution in [0.5, 0.6) is 0 Å². The molecule has 0 saturated heterocycles. The fraction of sp³-hybridized carbons (Fsp3) is 0.625. The summed E-state index contributed by atoms with van der Waals surface area (Å²) in [6.07, 6.45) is 2.37. The Morgan fingerprint density at radius 3 is 2.95 bits per heavy atom. The molecule has 1 aliphatic rings. The molecule has 0 bridgehead atoms. The zero-order valence-corrected chi connectivity index (χ0v) is 12.9. The van der Waals surface area contributed by atoms with Gasteiger partial charge in [0, 0.05) is 31.9 Å². The van der Waals surface area contributed by atoms with Gasteiger partial charge in [-0.1, -0.05) is 18.2 Å². The van der Waals surface area contributed by atoms with Crippen LogP contribution in [-0.4, -0.2) is 49.3 Å². The van der Waals surface area contributed by atoms with Crippen LogP contribution >= 0.6 is 0 Å². The van der Waals surface area contributed by atoms with Crippen LogP contribution in [0.1, 0.15) is 24.5 Å². The number of rotatable bonds is 6. The highest BCUT2D eigenvalue weighted by molar-refractivity contribution is 5.59. The highest BCUT2D eigenvalue weighted by Crippen LogP contribution is 2.25. The molecule has 20 heavy (non-hydrogen) atoms. The molecule has 0 fully saturated rings. The molecule has 0 radical (unpaired) electrons. The van der Waals surface area contributed by atoms with Crippen molar-refractivity contribution in [1.29, 1.82) is 0 Å². The molecule has 112 valence electrons. The predicted molar refractivity (Wildman–Crippen MR) is 84.1 cm³/mol. The van der Waals surface area contributed by atoms with Crippen LogP contribution < -0.4 is 10.6 Å². The van der Waals surface area contributed by atoms with E-state index in [1.165, 1.54) is 23.2 Å². The second kappa shape index (κ2) is 6.57. The smallest absolute Gasteiger partial charge is 0.0869 e. The second-order valence-electron chi connectivity index (χ2n) is 6.32. The first-order valence-electron chi connectivity index (χ1n) is 7.40. The van der Waals surface area contributed by atoms with Crippen LogP contribution in [0.25, 0.3) is 0 Å². The molecule has 1 aromatic carbocycles. The summed E-state index contributed by atoms with van der Waals surface area (Å²) < 4.78 is 0. The molecule has 0 spiro atoms. The molecular weight excluding hydrogens is 250 g/mol. The fourth-order valence-electron chi connectivity index (χ4n) is 2.93. The van der Waals surface area contributed by atoms with Crippen molar-refractivity contribution in [3.05, 3.63) is 29.3 Å². The van der Waals surface area contributed by atoms with E-state index in [0.29, 0.717) is 13.1 Å². The van der Waals surface area contributed by atoms with Gasteiger partial charge in [0.15, 0.2) is 0 Å². The topological polar surface area (TPSA) is 47.5 Å². The van der Waals surface area contributed by atoms with Crippen LogP contribution in [0.2, 0.25) is 0 Å². The summed E-state index contributed by atoms with van der Waals surface area (Å²) in [4.78, 5) is 2.01. The average molecular weight is 277 g/mol. The first kappa shape index (κ1) is 15.3. The first-order chi connectivity index (χ1) is 9.48. The SMILES string of the molecule is CN(C)CC(C)(O)CNCc1cccc2c1NCCC2. The van der Waals surface area contributed by atoms with Gasteiger partial charge in [0.2, 0.25) is 0 Å². The van der Waals surface area contributed by atoms with Gasteiger partial charge in [-0.2, -0.15) is 0 Å². The van der Waals surface area contributed by atoms with Crippen molar-refractivity contribution in [2.24, 2.45) is 0 Å². The Labute approximate surface area is 122 Å². The second-order valence-corrected chi connectivity index (χ2v) is 6.32. The summed E-state index contributed by atoms with van der Waals surface area (Å²) in [5, 5.41) is 17.2. The van der Waals surface area contributed by atoms with E-state index in [1.807, 2.05) is 25.9 Å². The van der Waals surface area contributed by atoms with E-state index in [4.69, 9.17) is 0 Å². The van der Waals surface area contributed by atoms with E-state index in [2.05, 4.69) is 28.8 Å². The molecule has 1 atom stereocenters. The van der Waals surface area contributed by atoms with Gasteiger partial charge in [0.1, 0.15) is 0 Å². The molecule has 3 N–H and O–H groups in total. The third-order valence-corrected chi connectivity index (χ3v) is 3.64. The standard InChI is InChI=1S/C16H27N3O/c1-16(20,12-19(2)3)11-17-10-14-7-4-6-13-8-5-9-18-15(13)14/h4,6-7,17-18,20H,5,8-12H2,1-3H3. The lowest BCUT2D eigenvalue weighted by molar-refractivity contribution is 0.0336. The molecule has 1 heterocycles. The molecule has 1 unspecified atom stereocenters. The van der Waals surface area contributed by atoms with Crippen molar-refractivity contribution in [3.63, 3.8) is 0 Å². The van der Waals surface area contributed by atoms with Gasteiger partial charge in [-0.05, 0) is 45.0 Å². The maximum absolute atomic E-state index is 10.3. The summed E-state index contributed by atoms with van der Waals surface area (Å²) in [5.74, 6) is 0. The lowest BCUT2D eigenvalue weighted by atomic mass is 9.99. The summed E-state index contributed by atoms with van der Waals surface area (Å²) in [6, 6.07) is 6.48. The number of hydrogen-bond donors (Lipinski definition) is 3. The quantitative estimate of drug-likeness (QED) is 0.736. The lowest BCUT2D eigenvalue weighted by Crippen LogP contribution is -2.45. The van der Waals surface area contributed by atoms with Gasteiger partial charge in [-0.25, -0.2) is 0 Å². The third-order valence-electron chi connectivity index (χ3n) is 3.64. The number of anilines is 1. The van der Waals surface area contributed by atoms with E-state index in [1.54, 1.807) is 0 Å². The minimum absolute atomic E-state index is 0.592. The Bertz CT molecular complexity index is 443. The minimum atomic E-state index is -0.703. The molecule has 1 aliphatic heterocycles. The van der Waals surface area contributed by atoms with Crippen LogP contribution in [0.3, 0.4) is 0 Å². The van der Waals surface area contributed by atoms with E-state index in [0.717, 1.165) is 19.5 Å². The number of benzene rings is 1. The molecular formula is C16H27N3O. The van der Waals surface area contributed by atoms with Crippen LogP contribution in [0, 0.1) is 0 Å². The van der Waals surface area contributed by atoms with Crippen LogP contribution in [0.4, 0.5) is 5.69 Å². The minimum Gasteiger partial charge on any atom is -0.388 e. The van der Waals surface area contributed by atoms with Crippen molar-refractivity contribution in [3.8, 4) is 0 Å². The van der Waals surface area contributed by atoms with Crippen molar-refractivity contribution in [1.82, 2.24) is 10.2 Å². The van der Waals surface area contributed by atoms with E-state index < -0.39 is 5.60 Å². The van der Waals surface area contributed by atoms with E-state index >= 15 is 0 Å². The third kappa shape index (κ3) is 4.20. The van der Waals surface area contributed by atoms with Gasteiger partial charge in [0.25, 0.3) is 0 Å². The molecule has 2 rings (SSSR count). The molecule has 4 heteroatoms. The summed E-state index contributed by atoms with van der Waals surface area (Å²) in [6.45, 7) is 4.97. The summed E-state index contributed by atoms with van der Waals surface area (Å²) in [5.41, 5.74) is 3.29.